The Labute approximate surface area is 188 Å². The fourth-order valence-electron chi connectivity index (χ4n) is 4.10. The molecule has 1 saturated heterocycles. The van der Waals surface area contributed by atoms with Gasteiger partial charge >= 0.3 is 0 Å². The Hall–Kier alpha value is -2.68. The van der Waals surface area contributed by atoms with Crippen LogP contribution in [0.2, 0.25) is 0 Å². The number of piperidine rings is 1. The maximum absolute atomic E-state index is 12.8. The summed E-state index contributed by atoms with van der Waals surface area (Å²) in [7, 11) is -1.92. The van der Waals surface area contributed by atoms with Crippen molar-refractivity contribution in [1.82, 2.24) is 14.6 Å². The van der Waals surface area contributed by atoms with Gasteiger partial charge in [-0.2, -0.15) is 0 Å². The van der Waals surface area contributed by atoms with Crippen molar-refractivity contribution < 1.29 is 13.2 Å². The molecule has 0 amide bonds. The molecule has 2 aromatic carbocycles. The van der Waals surface area contributed by atoms with Crippen molar-refractivity contribution in [2.75, 3.05) is 33.3 Å². The molecule has 0 spiro atoms. The monoisotopic (exact) mass is 455 g/mol. The topological polar surface area (TPSA) is 91.5 Å². The van der Waals surface area contributed by atoms with E-state index < -0.39 is 10.0 Å². The Morgan fingerprint density at radius 3 is 2.53 bits per heavy atom. The average Bonchev–Trinajstić information content (AvgIpc) is 2.82. The van der Waals surface area contributed by atoms with E-state index in [1.807, 2.05) is 12.1 Å². The highest BCUT2D eigenvalue weighted by Crippen LogP contribution is 2.20. The summed E-state index contributed by atoms with van der Waals surface area (Å²) in [4.78, 5) is 16.8. The highest BCUT2D eigenvalue weighted by molar-refractivity contribution is 7.89. The molecule has 0 saturated carbocycles. The number of nitrogens with zero attached hydrogens (tertiary/aromatic N) is 1. The molecule has 1 fully saturated rings. The number of rotatable bonds is 8. The smallest absolute Gasteiger partial charge is 0.248 e. The van der Waals surface area contributed by atoms with E-state index in [9.17, 15) is 13.2 Å². The number of likely N-dealkylation sites (tertiary alicyclic amines) is 1. The number of ether oxygens (including phenoxy) is 1. The van der Waals surface area contributed by atoms with Crippen molar-refractivity contribution >= 4 is 20.9 Å². The molecule has 2 N–H and O–H groups in total. The minimum absolute atomic E-state index is 0.207. The minimum Gasteiger partial charge on any atom is -0.497 e. The molecule has 8 heteroatoms. The Bertz CT molecular complexity index is 1210. The first kappa shape index (κ1) is 22.5. The van der Waals surface area contributed by atoms with Crippen LogP contribution in [0.25, 0.3) is 10.9 Å². The summed E-state index contributed by atoms with van der Waals surface area (Å²) in [5.41, 5.74) is 1.71. The molecule has 32 heavy (non-hydrogen) atoms. The standard InChI is InChI=1S/C24H29N3O4S/c1-31-21-5-2-18(3-6-21)10-13-27-14-11-19(12-15-27)17-25-32(29,30)22-7-8-23-20(16-22)4-9-24(28)26-23/h2-9,16,19,25H,10-15,17H2,1H3,(H,26,28). The summed E-state index contributed by atoms with van der Waals surface area (Å²) >= 11 is 0. The number of nitrogens with one attached hydrogen (secondary N) is 2. The number of H-pyrrole nitrogens is 1. The van der Waals surface area contributed by atoms with Crippen LogP contribution in [0.1, 0.15) is 18.4 Å². The minimum atomic E-state index is -3.59. The second-order valence-electron chi connectivity index (χ2n) is 8.31. The van der Waals surface area contributed by atoms with Gasteiger partial charge in [-0.25, -0.2) is 13.1 Å². The van der Waals surface area contributed by atoms with Crippen molar-refractivity contribution in [3.63, 3.8) is 0 Å². The quantitative estimate of drug-likeness (QED) is 0.545. The third-order valence-corrected chi connectivity index (χ3v) is 7.57. The molecule has 7 nitrogen and oxygen atoms in total. The maximum Gasteiger partial charge on any atom is 0.248 e. The van der Waals surface area contributed by atoms with Crippen LogP contribution in [-0.4, -0.2) is 51.6 Å². The van der Waals surface area contributed by atoms with E-state index in [4.69, 9.17) is 4.74 Å². The van der Waals surface area contributed by atoms with Crippen LogP contribution in [0.4, 0.5) is 0 Å². The second-order valence-corrected chi connectivity index (χ2v) is 10.1. The third-order valence-electron chi connectivity index (χ3n) is 6.15. The van der Waals surface area contributed by atoms with Crippen LogP contribution in [-0.2, 0) is 16.4 Å². The van der Waals surface area contributed by atoms with Gasteiger partial charge in [0, 0.05) is 24.7 Å². The molecule has 4 rings (SSSR count). The highest BCUT2D eigenvalue weighted by Gasteiger charge is 2.22. The average molecular weight is 456 g/mol. The lowest BCUT2D eigenvalue weighted by atomic mass is 9.97. The third kappa shape index (κ3) is 5.56. The maximum atomic E-state index is 12.8. The molecule has 170 valence electrons. The largest absolute Gasteiger partial charge is 0.497 e. The zero-order chi connectivity index (χ0) is 22.6. The molecule has 2 heterocycles. The van der Waals surface area contributed by atoms with Crippen molar-refractivity contribution in [3.05, 3.63) is 70.5 Å². The van der Waals surface area contributed by atoms with E-state index in [1.165, 1.54) is 17.7 Å². The Morgan fingerprint density at radius 1 is 1.06 bits per heavy atom. The summed E-state index contributed by atoms with van der Waals surface area (Å²) in [6, 6.07) is 16.0. The van der Waals surface area contributed by atoms with Crippen LogP contribution in [0.3, 0.4) is 0 Å². The highest BCUT2D eigenvalue weighted by atomic mass is 32.2. The number of benzene rings is 2. The van der Waals surface area contributed by atoms with Crippen molar-refractivity contribution in [3.8, 4) is 5.75 Å². The van der Waals surface area contributed by atoms with Gasteiger partial charge in [0.05, 0.1) is 12.0 Å². The van der Waals surface area contributed by atoms with Crippen LogP contribution < -0.4 is 15.0 Å². The number of methoxy groups -OCH3 is 1. The predicted octanol–water partition coefficient (Wildman–Crippen LogP) is 2.77. The van der Waals surface area contributed by atoms with Crippen LogP contribution >= 0.6 is 0 Å². The summed E-state index contributed by atoms with van der Waals surface area (Å²) in [6.07, 6.45) is 2.95. The molecule has 1 aliphatic heterocycles. The number of hydrogen-bond donors (Lipinski definition) is 2. The molecular weight excluding hydrogens is 426 g/mol. The van der Waals surface area contributed by atoms with Gasteiger partial charge in [-0.3, -0.25) is 4.79 Å². The number of hydrogen-bond acceptors (Lipinski definition) is 5. The molecule has 0 atom stereocenters. The van der Waals surface area contributed by atoms with Gasteiger partial charge in [0.25, 0.3) is 0 Å². The van der Waals surface area contributed by atoms with E-state index in [-0.39, 0.29) is 10.5 Å². The Kier molecular flexibility index (Phi) is 6.93. The lowest BCUT2D eigenvalue weighted by molar-refractivity contribution is 0.187. The summed E-state index contributed by atoms with van der Waals surface area (Å²) in [6.45, 7) is 3.40. The molecular formula is C24H29N3O4S. The van der Waals surface area contributed by atoms with Crippen molar-refractivity contribution in [2.45, 2.75) is 24.2 Å². The van der Waals surface area contributed by atoms with Crippen molar-refractivity contribution in [1.29, 1.82) is 0 Å². The molecule has 1 aliphatic rings. The van der Waals surface area contributed by atoms with Gasteiger partial charge in [-0.05, 0) is 85.6 Å². The van der Waals surface area contributed by atoms with Crippen LogP contribution in [0.15, 0.2) is 64.3 Å². The molecule has 3 aromatic rings. The number of aromatic amines is 1. The van der Waals surface area contributed by atoms with Gasteiger partial charge in [0.15, 0.2) is 0 Å². The Balaban J connectivity index is 1.26. The van der Waals surface area contributed by atoms with Crippen LogP contribution in [0.5, 0.6) is 5.75 Å². The molecule has 0 bridgehead atoms. The van der Waals surface area contributed by atoms with Gasteiger partial charge in [-0.1, -0.05) is 12.1 Å². The lowest BCUT2D eigenvalue weighted by Gasteiger charge is -2.32. The van der Waals surface area contributed by atoms with E-state index in [2.05, 4.69) is 26.7 Å². The van der Waals surface area contributed by atoms with E-state index in [0.29, 0.717) is 23.4 Å². The van der Waals surface area contributed by atoms with E-state index in [1.54, 1.807) is 25.3 Å². The molecule has 0 radical (unpaired) electrons. The normalized spacial score (nSPS) is 15.8. The SMILES string of the molecule is COc1ccc(CCN2CCC(CNS(=O)(=O)c3ccc4[nH]c(=O)ccc4c3)CC2)cc1. The molecule has 1 aromatic heterocycles. The summed E-state index contributed by atoms with van der Waals surface area (Å²) < 4.78 is 33.5. The number of pyridine rings is 1. The predicted molar refractivity (Wildman–Crippen MR) is 126 cm³/mol. The van der Waals surface area contributed by atoms with Gasteiger partial charge in [0.2, 0.25) is 15.6 Å². The first-order valence-electron chi connectivity index (χ1n) is 10.9. The number of fused-ring (bicyclic) bond motifs is 1. The Morgan fingerprint density at radius 2 is 1.81 bits per heavy atom. The summed E-state index contributed by atoms with van der Waals surface area (Å²) in [5, 5.41) is 0.692. The van der Waals surface area contributed by atoms with Crippen LogP contribution in [0, 0.1) is 5.92 Å². The zero-order valence-electron chi connectivity index (χ0n) is 18.2. The van der Waals surface area contributed by atoms with E-state index in [0.717, 1.165) is 44.6 Å². The summed E-state index contributed by atoms with van der Waals surface area (Å²) in [5.74, 6) is 1.20. The van der Waals surface area contributed by atoms with Gasteiger partial charge in [-0.15, -0.1) is 0 Å². The first-order chi connectivity index (χ1) is 15.4. The zero-order valence-corrected chi connectivity index (χ0v) is 19.0. The molecule has 0 unspecified atom stereocenters. The fourth-order valence-corrected chi connectivity index (χ4v) is 5.26. The number of aromatic nitrogens is 1. The lowest BCUT2D eigenvalue weighted by Crippen LogP contribution is -2.39. The van der Waals surface area contributed by atoms with Crippen molar-refractivity contribution in [2.24, 2.45) is 5.92 Å². The first-order valence-corrected chi connectivity index (χ1v) is 12.4. The second kappa shape index (κ2) is 9.85. The number of sulfonamides is 1. The van der Waals surface area contributed by atoms with Gasteiger partial charge < -0.3 is 14.6 Å². The van der Waals surface area contributed by atoms with E-state index >= 15 is 0 Å². The van der Waals surface area contributed by atoms with Gasteiger partial charge in [0.1, 0.15) is 5.75 Å². The molecule has 0 aliphatic carbocycles. The fraction of sp³-hybridized carbons (Fsp3) is 0.375.